The smallest absolute Gasteiger partial charge is 0.0268 e. The van der Waals surface area contributed by atoms with E-state index in [1.54, 1.807) is 0 Å². The molecular formula is C24H46S4. The Bertz CT molecular complexity index is 420. The van der Waals surface area contributed by atoms with Crippen LogP contribution < -0.4 is 0 Å². The van der Waals surface area contributed by atoms with Crippen LogP contribution in [-0.4, -0.2) is 21.5 Å². The highest BCUT2D eigenvalue weighted by molar-refractivity contribution is 8.77. The molecule has 0 aromatic rings. The van der Waals surface area contributed by atoms with E-state index < -0.39 is 0 Å². The summed E-state index contributed by atoms with van der Waals surface area (Å²) in [6, 6.07) is 0. The molecule has 0 unspecified atom stereocenters. The zero-order valence-electron chi connectivity index (χ0n) is 19.3. The van der Waals surface area contributed by atoms with E-state index in [4.69, 9.17) is 0 Å². The van der Waals surface area contributed by atoms with Gasteiger partial charge in [-0.15, -0.1) is 0 Å². The van der Waals surface area contributed by atoms with Gasteiger partial charge in [-0.3, -0.25) is 0 Å². The predicted molar refractivity (Wildman–Crippen MR) is 140 cm³/mol. The minimum absolute atomic E-state index is 0.474. The van der Waals surface area contributed by atoms with Gasteiger partial charge in [0.15, 0.2) is 0 Å². The summed E-state index contributed by atoms with van der Waals surface area (Å²) in [5.41, 5.74) is 0.965. The Morgan fingerprint density at radius 1 is 0.786 bits per heavy atom. The molecule has 166 valence electrons. The van der Waals surface area contributed by atoms with Crippen LogP contribution in [0.1, 0.15) is 118 Å². The van der Waals surface area contributed by atoms with Crippen molar-refractivity contribution in [2.45, 2.75) is 128 Å². The number of hydrogen-bond acceptors (Lipinski definition) is 4. The van der Waals surface area contributed by atoms with Gasteiger partial charge in [-0.25, -0.2) is 0 Å². The standard InChI is InChI=1S/C24H46S4/c1-6-25-28-24(14-10-7-11-15-24)20-23(4,5)17-16-22(2,3)18-19-26-27-21-12-8-9-13-21/h21H,6-20H2,1-5H3. The van der Waals surface area contributed by atoms with E-state index in [0.717, 1.165) is 5.25 Å². The fourth-order valence-corrected chi connectivity index (χ4v) is 11.1. The number of rotatable bonds is 13. The molecule has 0 bridgehead atoms. The van der Waals surface area contributed by atoms with Crippen LogP contribution in [0.25, 0.3) is 0 Å². The highest BCUT2D eigenvalue weighted by Gasteiger charge is 2.38. The molecule has 0 N–H and O–H groups in total. The molecule has 2 aliphatic carbocycles. The number of hydrogen-bond donors (Lipinski definition) is 0. The third-order valence-electron chi connectivity index (χ3n) is 6.77. The molecule has 0 atom stereocenters. The van der Waals surface area contributed by atoms with Crippen LogP contribution >= 0.6 is 43.2 Å². The topological polar surface area (TPSA) is 0 Å². The van der Waals surface area contributed by atoms with Gasteiger partial charge in [0.2, 0.25) is 0 Å². The molecular weight excluding hydrogens is 417 g/mol. The highest BCUT2D eigenvalue weighted by Crippen LogP contribution is 2.53. The summed E-state index contributed by atoms with van der Waals surface area (Å²) < 4.78 is 0.556. The first-order valence-corrected chi connectivity index (χ1v) is 16.6. The lowest BCUT2D eigenvalue weighted by Gasteiger charge is -2.43. The zero-order valence-corrected chi connectivity index (χ0v) is 22.6. The maximum atomic E-state index is 2.56. The van der Waals surface area contributed by atoms with E-state index in [9.17, 15) is 0 Å². The second kappa shape index (κ2) is 12.4. The molecule has 28 heavy (non-hydrogen) atoms. The van der Waals surface area contributed by atoms with E-state index in [0.29, 0.717) is 15.6 Å². The minimum atomic E-state index is 0.474. The Kier molecular flexibility index (Phi) is 11.4. The largest absolute Gasteiger partial charge is 0.0939 e. The lowest BCUT2D eigenvalue weighted by molar-refractivity contribution is 0.190. The van der Waals surface area contributed by atoms with Gasteiger partial charge in [0.05, 0.1) is 0 Å². The summed E-state index contributed by atoms with van der Waals surface area (Å²) in [6.07, 6.45) is 18.7. The van der Waals surface area contributed by atoms with Crippen molar-refractivity contribution < 1.29 is 0 Å². The first kappa shape index (κ1) is 25.7. The molecule has 2 saturated carbocycles. The molecule has 0 aromatic heterocycles. The van der Waals surface area contributed by atoms with Crippen molar-refractivity contribution in [1.82, 2.24) is 0 Å². The summed E-state index contributed by atoms with van der Waals surface area (Å²) in [6.45, 7) is 12.5. The van der Waals surface area contributed by atoms with Gasteiger partial charge in [0.25, 0.3) is 0 Å². The minimum Gasteiger partial charge on any atom is -0.0939 e. The van der Waals surface area contributed by atoms with Crippen molar-refractivity contribution in [3.8, 4) is 0 Å². The predicted octanol–water partition coefficient (Wildman–Crippen LogP) is 10.0. The summed E-state index contributed by atoms with van der Waals surface area (Å²) in [5.74, 6) is 2.58. The molecule has 2 rings (SSSR count). The Balaban J connectivity index is 1.74. The van der Waals surface area contributed by atoms with E-state index >= 15 is 0 Å². The van der Waals surface area contributed by atoms with Gasteiger partial charge >= 0.3 is 0 Å². The van der Waals surface area contributed by atoms with Crippen LogP contribution in [0.15, 0.2) is 0 Å². The van der Waals surface area contributed by atoms with E-state index in [-0.39, 0.29) is 0 Å². The van der Waals surface area contributed by atoms with E-state index in [1.807, 2.05) is 0 Å². The lowest BCUT2D eigenvalue weighted by Crippen LogP contribution is -2.34. The van der Waals surface area contributed by atoms with Crippen LogP contribution in [0.2, 0.25) is 0 Å². The van der Waals surface area contributed by atoms with Crippen molar-refractivity contribution >= 4 is 43.2 Å². The summed E-state index contributed by atoms with van der Waals surface area (Å²) in [7, 11) is 8.71. The first-order chi connectivity index (χ1) is 13.3. The summed E-state index contributed by atoms with van der Waals surface area (Å²) in [5, 5.41) is 0.956. The maximum Gasteiger partial charge on any atom is 0.0268 e. The zero-order chi connectivity index (χ0) is 20.5. The second-order valence-corrected chi connectivity index (χ2v) is 16.7. The lowest BCUT2D eigenvalue weighted by atomic mass is 9.71. The molecule has 0 aliphatic heterocycles. The molecule has 2 aliphatic rings. The molecule has 2 fully saturated rings. The molecule has 0 nitrogen and oxygen atoms in total. The summed E-state index contributed by atoms with van der Waals surface area (Å²) >= 11 is 0. The second-order valence-electron chi connectivity index (χ2n) is 10.8. The van der Waals surface area contributed by atoms with E-state index in [2.05, 4.69) is 77.8 Å². The Morgan fingerprint density at radius 3 is 2.07 bits per heavy atom. The van der Waals surface area contributed by atoms with Crippen LogP contribution in [0.4, 0.5) is 0 Å². The molecule has 0 radical (unpaired) electrons. The molecule has 0 aromatic carbocycles. The van der Waals surface area contributed by atoms with Gasteiger partial charge in [-0.1, -0.05) is 110 Å². The molecule has 0 heterocycles. The monoisotopic (exact) mass is 462 g/mol. The third kappa shape index (κ3) is 9.69. The van der Waals surface area contributed by atoms with Crippen LogP contribution in [0, 0.1) is 10.8 Å². The molecule has 0 spiro atoms. The normalized spacial score (nSPS) is 21.3. The third-order valence-corrected chi connectivity index (χ3v) is 13.1. The van der Waals surface area contributed by atoms with Gasteiger partial charge in [0, 0.05) is 21.5 Å². The van der Waals surface area contributed by atoms with Crippen LogP contribution in [0.3, 0.4) is 0 Å². The van der Waals surface area contributed by atoms with Crippen molar-refractivity contribution in [1.29, 1.82) is 0 Å². The Hall–Kier alpha value is 1.40. The first-order valence-electron chi connectivity index (χ1n) is 11.8. The van der Waals surface area contributed by atoms with Crippen LogP contribution in [0.5, 0.6) is 0 Å². The fraction of sp³-hybridized carbons (Fsp3) is 1.00. The van der Waals surface area contributed by atoms with Gasteiger partial charge in [-0.2, -0.15) is 0 Å². The maximum absolute atomic E-state index is 2.56. The van der Waals surface area contributed by atoms with Gasteiger partial charge in [-0.05, 0) is 62.2 Å². The molecule has 4 heteroatoms. The van der Waals surface area contributed by atoms with Crippen molar-refractivity contribution in [3.05, 3.63) is 0 Å². The van der Waals surface area contributed by atoms with Crippen molar-refractivity contribution in [3.63, 3.8) is 0 Å². The SMILES string of the molecule is CCSSC1(CC(C)(C)CCC(C)(C)CCSSC2CCCC2)CCCCC1. The van der Waals surface area contributed by atoms with Crippen LogP contribution in [-0.2, 0) is 0 Å². The summed E-state index contributed by atoms with van der Waals surface area (Å²) in [4.78, 5) is 0. The molecule has 0 saturated heterocycles. The van der Waals surface area contributed by atoms with Crippen molar-refractivity contribution in [2.75, 3.05) is 11.5 Å². The van der Waals surface area contributed by atoms with E-state index in [1.165, 1.54) is 95.0 Å². The Labute approximate surface area is 192 Å². The van der Waals surface area contributed by atoms with Gasteiger partial charge in [0.1, 0.15) is 0 Å². The highest BCUT2D eigenvalue weighted by atomic mass is 33.1. The Morgan fingerprint density at radius 2 is 1.43 bits per heavy atom. The fourth-order valence-electron chi connectivity index (χ4n) is 4.88. The van der Waals surface area contributed by atoms with Crippen molar-refractivity contribution in [2.24, 2.45) is 10.8 Å². The average Bonchev–Trinajstić information content (AvgIpc) is 3.16. The molecule has 0 amide bonds. The quantitative estimate of drug-likeness (QED) is 0.197. The van der Waals surface area contributed by atoms with Gasteiger partial charge < -0.3 is 0 Å². The average molecular weight is 463 g/mol.